The van der Waals surface area contributed by atoms with Gasteiger partial charge in [0.15, 0.2) is 0 Å². The van der Waals surface area contributed by atoms with Crippen molar-refractivity contribution in [2.75, 3.05) is 13.7 Å². The Morgan fingerprint density at radius 3 is 2.43 bits per heavy atom. The van der Waals surface area contributed by atoms with Crippen molar-refractivity contribution < 1.29 is 33.1 Å². The molecule has 0 unspecified atom stereocenters. The molecule has 0 aliphatic carbocycles. The van der Waals surface area contributed by atoms with Gasteiger partial charge < -0.3 is 31.3 Å². The van der Waals surface area contributed by atoms with E-state index in [9.17, 15) is 28.4 Å². The number of rotatable bonds is 10. The minimum Gasteiger partial charge on any atom is -0.467 e. The molecule has 1 heterocycles. The molecule has 3 rings (SSSR count). The largest absolute Gasteiger partial charge is 0.467 e. The van der Waals surface area contributed by atoms with Gasteiger partial charge in [0.1, 0.15) is 23.9 Å². The van der Waals surface area contributed by atoms with E-state index < -0.39 is 53.8 Å². The Hall–Kier alpha value is -4.74. The van der Waals surface area contributed by atoms with Gasteiger partial charge in [0, 0.05) is 19.0 Å². The lowest BCUT2D eigenvalue weighted by Crippen LogP contribution is -2.58. The van der Waals surface area contributed by atoms with Crippen LogP contribution < -0.4 is 26.6 Å². The highest BCUT2D eigenvalue weighted by Crippen LogP contribution is 2.12. The number of esters is 1. The summed E-state index contributed by atoms with van der Waals surface area (Å²) in [5.41, 5.74) is 2.41. The van der Waals surface area contributed by atoms with Gasteiger partial charge in [-0.2, -0.15) is 0 Å². The fourth-order valence-electron chi connectivity index (χ4n) is 4.99. The monoisotopic (exact) mass is 637 g/mol. The molecule has 1 aliphatic heterocycles. The van der Waals surface area contributed by atoms with Gasteiger partial charge in [-0.05, 0) is 61.8 Å². The van der Waals surface area contributed by atoms with E-state index in [0.717, 1.165) is 11.1 Å². The van der Waals surface area contributed by atoms with Crippen LogP contribution in [0.1, 0.15) is 49.8 Å². The van der Waals surface area contributed by atoms with Crippen LogP contribution in [-0.4, -0.2) is 67.5 Å². The number of carbonyl (C=O) groups is 5. The zero-order valence-electron chi connectivity index (χ0n) is 26.7. The van der Waals surface area contributed by atoms with Crippen molar-refractivity contribution in [1.82, 2.24) is 26.6 Å². The molecular formula is C34H44FN5O6. The van der Waals surface area contributed by atoms with Gasteiger partial charge in [0.25, 0.3) is 0 Å². The molecule has 5 amide bonds. The Labute approximate surface area is 269 Å². The van der Waals surface area contributed by atoms with Gasteiger partial charge in [0.2, 0.25) is 17.7 Å². The van der Waals surface area contributed by atoms with Crippen molar-refractivity contribution in [3.8, 4) is 0 Å². The summed E-state index contributed by atoms with van der Waals surface area (Å²) in [5, 5.41) is 13.7. The molecule has 2 aromatic carbocycles. The number of hydrogen-bond acceptors (Lipinski definition) is 6. The van der Waals surface area contributed by atoms with Gasteiger partial charge in [-0.1, -0.05) is 61.9 Å². The van der Waals surface area contributed by atoms with Crippen LogP contribution >= 0.6 is 0 Å². The fraction of sp³-hybridized carbons (Fsp3) is 0.441. The highest BCUT2D eigenvalue weighted by atomic mass is 19.1. The normalized spacial score (nSPS) is 18.6. The molecule has 12 heteroatoms. The highest BCUT2D eigenvalue weighted by Gasteiger charge is 2.30. The Bertz CT molecular complexity index is 1400. The zero-order valence-corrected chi connectivity index (χ0v) is 26.7. The van der Waals surface area contributed by atoms with Crippen molar-refractivity contribution in [3.05, 3.63) is 83.2 Å². The summed E-state index contributed by atoms with van der Waals surface area (Å²) in [6.07, 6.45) is 4.56. The predicted octanol–water partition coefficient (Wildman–Crippen LogP) is 2.61. The smallest absolute Gasteiger partial charge is 0.328 e. The average molecular weight is 638 g/mol. The molecule has 0 bridgehead atoms. The second-order valence-corrected chi connectivity index (χ2v) is 11.8. The lowest BCUT2D eigenvalue weighted by Gasteiger charge is -2.26. The number of halogens is 1. The van der Waals surface area contributed by atoms with Crippen molar-refractivity contribution in [2.24, 2.45) is 5.92 Å². The van der Waals surface area contributed by atoms with Crippen LogP contribution in [0.4, 0.5) is 9.18 Å². The van der Waals surface area contributed by atoms with E-state index in [1.54, 1.807) is 26.0 Å². The van der Waals surface area contributed by atoms with Crippen LogP contribution in [0.3, 0.4) is 0 Å². The molecule has 0 spiro atoms. The first-order chi connectivity index (χ1) is 21.9. The average Bonchev–Trinajstić information content (AvgIpc) is 3.01. The SMILES string of the molecule is COC(=O)[C@@H](NC(=O)N[C@@H](Cc1ccc(C)cc1)C(=O)N[C@H]1CCCCNC(=O)C=C[C@H](Cc2cccc(F)c2)NC1=O)C(C)C. The number of benzene rings is 2. The standard InChI is InChI=1S/C34H44FN5O6/c1-21(2)30(33(44)46-4)40-34(45)39-28(20-23-13-11-22(3)12-14-23)32(43)38-27-10-5-6-17-36-29(41)16-15-26(37-31(27)42)19-24-8-7-9-25(35)18-24/h7-9,11-16,18,21,26-28,30H,5-6,10,17,19-20H2,1-4H3,(H,36,41)(H,37,42)(H,38,43)(H2,39,40,45)/t26-,27+,28+,30+/m1/s1. The second kappa shape index (κ2) is 17.7. The van der Waals surface area contributed by atoms with E-state index in [-0.39, 0.29) is 31.1 Å². The van der Waals surface area contributed by atoms with E-state index in [0.29, 0.717) is 24.9 Å². The molecule has 5 N–H and O–H groups in total. The second-order valence-electron chi connectivity index (χ2n) is 11.8. The molecule has 0 saturated carbocycles. The number of aryl methyl sites for hydroxylation is 1. The molecule has 11 nitrogen and oxygen atoms in total. The first-order valence-corrected chi connectivity index (χ1v) is 15.5. The van der Waals surface area contributed by atoms with Crippen molar-refractivity contribution >= 4 is 29.7 Å². The maximum Gasteiger partial charge on any atom is 0.328 e. The van der Waals surface area contributed by atoms with Gasteiger partial charge in [-0.3, -0.25) is 14.4 Å². The van der Waals surface area contributed by atoms with Gasteiger partial charge in [0.05, 0.1) is 13.2 Å². The van der Waals surface area contributed by atoms with Crippen LogP contribution in [0.25, 0.3) is 0 Å². The van der Waals surface area contributed by atoms with Gasteiger partial charge in [-0.15, -0.1) is 0 Å². The number of hydrogen-bond donors (Lipinski definition) is 5. The van der Waals surface area contributed by atoms with Crippen LogP contribution in [0, 0.1) is 18.7 Å². The number of amides is 5. The summed E-state index contributed by atoms with van der Waals surface area (Å²) >= 11 is 0. The Morgan fingerprint density at radius 2 is 1.76 bits per heavy atom. The summed E-state index contributed by atoms with van der Waals surface area (Å²) in [7, 11) is 1.23. The Balaban J connectivity index is 1.82. The molecule has 248 valence electrons. The van der Waals surface area contributed by atoms with Crippen molar-refractivity contribution in [1.29, 1.82) is 0 Å². The van der Waals surface area contributed by atoms with Crippen LogP contribution in [-0.2, 0) is 36.8 Å². The lowest BCUT2D eigenvalue weighted by molar-refractivity contribution is -0.144. The topological polar surface area (TPSA) is 155 Å². The molecule has 0 fully saturated rings. The quantitative estimate of drug-likeness (QED) is 0.253. The maximum atomic E-state index is 13.9. The molecule has 0 aromatic heterocycles. The van der Waals surface area contributed by atoms with Gasteiger partial charge in [-0.25, -0.2) is 14.0 Å². The summed E-state index contributed by atoms with van der Waals surface area (Å²) in [4.78, 5) is 64.9. The summed E-state index contributed by atoms with van der Waals surface area (Å²) in [6.45, 7) is 5.82. The third kappa shape index (κ3) is 11.6. The minimum absolute atomic E-state index is 0.120. The number of ether oxygens (including phenoxy) is 1. The molecule has 0 saturated heterocycles. The van der Waals surface area contributed by atoms with E-state index in [1.165, 1.54) is 31.4 Å². The minimum atomic E-state index is -1.09. The number of urea groups is 1. The molecule has 0 radical (unpaired) electrons. The molecule has 2 aromatic rings. The molecule has 1 aliphatic rings. The van der Waals surface area contributed by atoms with E-state index in [1.807, 2.05) is 31.2 Å². The summed E-state index contributed by atoms with van der Waals surface area (Å²) in [5.74, 6) is -2.70. The van der Waals surface area contributed by atoms with E-state index in [2.05, 4.69) is 26.6 Å². The number of methoxy groups -OCH3 is 1. The van der Waals surface area contributed by atoms with Crippen LogP contribution in [0.5, 0.6) is 0 Å². The van der Waals surface area contributed by atoms with Crippen molar-refractivity contribution in [2.45, 2.75) is 77.0 Å². The first kappa shape index (κ1) is 35.7. The van der Waals surface area contributed by atoms with E-state index in [4.69, 9.17) is 4.74 Å². The molecular weight excluding hydrogens is 593 g/mol. The molecule has 4 atom stereocenters. The Morgan fingerprint density at radius 1 is 1.02 bits per heavy atom. The van der Waals surface area contributed by atoms with Crippen molar-refractivity contribution in [3.63, 3.8) is 0 Å². The maximum absolute atomic E-state index is 13.9. The lowest BCUT2D eigenvalue weighted by atomic mass is 10.0. The predicted molar refractivity (Wildman–Crippen MR) is 171 cm³/mol. The third-order valence-electron chi connectivity index (χ3n) is 7.59. The first-order valence-electron chi connectivity index (χ1n) is 15.5. The number of carbonyl (C=O) groups excluding carboxylic acids is 5. The summed E-state index contributed by atoms with van der Waals surface area (Å²) < 4.78 is 18.7. The van der Waals surface area contributed by atoms with E-state index >= 15 is 0 Å². The highest BCUT2D eigenvalue weighted by molar-refractivity contribution is 5.93. The molecule has 46 heavy (non-hydrogen) atoms. The van der Waals surface area contributed by atoms with Gasteiger partial charge >= 0.3 is 12.0 Å². The zero-order chi connectivity index (χ0) is 33.6. The fourth-order valence-corrected chi connectivity index (χ4v) is 4.99. The number of nitrogens with one attached hydrogen (secondary N) is 5. The summed E-state index contributed by atoms with van der Waals surface area (Å²) in [6, 6.07) is 9.03. The van der Waals surface area contributed by atoms with Crippen LogP contribution in [0.2, 0.25) is 0 Å². The van der Waals surface area contributed by atoms with Crippen LogP contribution in [0.15, 0.2) is 60.7 Å². The Kier molecular flexibility index (Phi) is 13.7. The third-order valence-corrected chi connectivity index (χ3v) is 7.59.